The fourth-order valence-electron chi connectivity index (χ4n) is 1.57. The Morgan fingerprint density at radius 1 is 1.44 bits per heavy atom. The average Bonchev–Trinajstić information content (AvgIpc) is 2.78. The fourth-order valence-corrected chi connectivity index (χ4v) is 1.57. The van der Waals surface area contributed by atoms with Crippen LogP contribution in [0.1, 0.15) is 19.9 Å². The lowest BCUT2D eigenvalue weighted by molar-refractivity contribution is -0.383. The third-order valence-electron chi connectivity index (χ3n) is 2.47. The third kappa shape index (κ3) is 1.99. The molecule has 0 aliphatic heterocycles. The van der Waals surface area contributed by atoms with Crippen LogP contribution in [0.25, 0.3) is 11.4 Å². The van der Waals surface area contributed by atoms with Crippen molar-refractivity contribution in [1.29, 1.82) is 0 Å². The maximum absolute atomic E-state index is 10.8. The van der Waals surface area contributed by atoms with Crippen LogP contribution in [0.4, 0.5) is 11.4 Å². The molecule has 1 aromatic heterocycles. The summed E-state index contributed by atoms with van der Waals surface area (Å²) in [5.74, 6) is 0.480. The van der Waals surface area contributed by atoms with Crippen LogP contribution in [-0.2, 0) is 0 Å². The molecule has 0 spiro atoms. The van der Waals surface area contributed by atoms with Crippen molar-refractivity contribution in [1.82, 2.24) is 20.2 Å². The van der Waals surface area contributed by atoms with Crippen LogP contribution in [0.3, 0.4) is 0 Å². The molecule has 0 fully saturated rings. The number of anilines is 1. The van der Waals surface area contributed by atoms with E-state index in [1.165, 1.54) is 12.1 Å². The summed E-state index contributed by atoms with van der Waals surface area (Å²) in [6.07, 6.45) is 0. The van der Waals surface area contributed by atoms with Gasteiger partial charge in [0, 0.05) is 11.6 Å². The molecular formula is C10H12N6O2. The van der Waals surface area contributed by atoms with Crippen molar-refractivity contribution >= 4 is 11.4 Å². The normalized spacial score (nSPS) is 10.8. The van der Waals surface area contributed by atoms with E-state index in [0.29, 0.717) is 11.4 Å². The summed E-state index contributed by atoms with van der Waals surface area (Å²) in [4.78, 5) is 10.3. The minimum absolute atomic E-state index is 0.0617. The molecular weight excluding hydrogens is 236 g/mol. The van der Waals surface area contributed by atoms with E-state index in [4.69, 9.17) is 5.73 Å². The number of nitrogens with zero attached hydrogens (tertiary/aromatic N) is 5. The number of nitrogen functional groups attached to an aromatic ring is 1. The first-order valence-corrected chi connectivity index (χ1v) is 5.33. The molecule has 0 amide bonds. The molecule has 0 saturated heterocycles. The molecule has 1 heterocycles. The Morgan fingerprint density at radius 3 is 2.78 bits per heavy atom. The highest BCUT2D eigenvalue weighted by molar-refractivity contribution is 5.68. The second kappa shape index (κ2) is 4.40. The molecule has 0 aliphatic carbocycles. The lowest BCUT2D eigenvalue weighted by atomic mass is 10.1. The summed E-state index contributed by atoms with van der Waals surface area (Å²) >= 11 is 0. The first-order valence-electron chi connectivity index (χ1n) is 5.33. The number of nitro groups is 1. The predicted octanol–water partition coefficient (Wildman–Crippen LogP) is 1.41. The summed E-state index contributed by atoms with van der Waals surface area (Å²) < 4.78 is 1.59. The number of rotatable bonds is 3. The Balaban J connectivity index is 2.54. The molecule has 8 nitrogen and oxygen atoms in total. The molecule has 0 unspecified atom stereocenters. The molecule has 0 aliphatic rings. The molecule has 0 bridgehead atoms. The topological polar surface area (TPSA) is 113 Å². The van der Waals surface area contributed by atoms with Crippen molar-refractivity contribution in [3.63, 3.8) is 0 Å². The highest BCUT2D eigenvalue weighted by Crippen LogP contribution is 2.28. The van der Waals surface area contributed by atoms with Gasteiger partial charge < -0.3 is 5.73 Å². The van der Waals surface area contributed by atoms with E-state index in [-0.39, 0.29) is 17.4 Å². The van der Waals surface area contributed by atoms with E-state index in [1.807, 2.05) is 13.8 Å². The standard InChI is InChI=1S/C10H12N6O2/c1-6(2)15-10(12-13-14-15)7-3-4-8(11)9(5-7)16(17)18/h3-6H,11H2,1-2H3. The molecule has 94 valence electrons. The maximum Gasteiger partial charge on any atom is 0.292 e. The van der Waals surface area contributed by atoms with Crippen LogP contribution < -0.4 is 5.73 Å². The summed E-state index contributed by atoms with van der Waals surface area (Å²) in [5, 5.41) is 22.1. The van der Waals surface area contributed by atoms with Gasteiger partial charge in [0.15, 0.2) is 5.82 Å². The van der Waals surface area contributed by atoms with Gasteiger partial charge in [-0.15, -0.1) is 5.10 Å². The maximum atomic E-state index is 10.8. The Morgan fingerprint density at radius 2 is 2.17 bits per heavy atom. The van der Waals surface area contributed by atoms with Crippen LogP contribution in [0.2, 0.25) is 0 Å². The van der Waals surface area contributed by atoms with Gasteiger partial charge in [0.1, 0.15) is 5.69 Å². The van der Waals surface area contributed by atoms with E-state index in [0.717, 1.165) is 0 Å². The fraction of sp³-hybridized carbons (Fsp3) is 0.300. The van der Waals surface area contributed by atoms with Gasteiger partial charge in [0.05, 0.1) is 11.0 Å². The predicted molar refractivity (Wildman–Crippen MR) is 64.7 cm³/mol. The van der Waals surface area contributed by atoms with Crippen molar-refractivity contribution in [3.05, 3.63) is 28.3 Å². The molecule has 0 atom stereocenters. The van der Waals surface area contributed by atoms with Crippen LogP contribution >= 0.6 is 0 Å². The van der Waals surface area contributed by atoms with Gasteiger partial charge in [0.2, 0.25) is 0 Å². The quantitative estimate of drug-likeness (QED) is 0.499. The molecule has 0 radical (unpaired) electrons. The lowest BCUT2D eigenvalue weighted by Gasteiger charge is -2.07. The van der Waals surface area contributed by atoms with Crippen LogP contribution in [0, 0.1) is 10.1 Å². The number of hydrogen-bond acceptors (Lipinski definition) is 6. The Kier molecular flexibility index (Phi) is 2.92. The van der Waals surface area contributed by atoms with Crippen molar-refractivity contribution < 1.29 is 4.92 Å². The molecule has 0 saturated carbocycles. The monoisotopic (exact) mass is 248 g/mol. The zero-order valence-electron chi connectivity index (χ0n) is 9.94. The lowest BCUT2D eigenvalue weighted by Crippen LogP contribution is -2.05. The molecule has 2 rings (SSSR count). The van der Waals surface area contributed by atoms with Crippen molar-refractivity contribution in [2.24, 2.45) is 0 Å². The summed E-state index contributed by atoms with van der Waals surface area (Å²) in [7, 11) is 0. The van der Waals surface area contributed by atoms with E-state index in [1.54, 1.807) is 10.7 Å². The Hall–Kier alpha value is -2.51. The van der Waals surface area contributed by atoms with Crippen molar-refractivity contribution in [2.45, 2.75) is 19.9 Å². The van der Waals surface area contributed by atoms with Gasteiger partial charge in [-0.25, -0.2) is 4.68 Å². The van der Waals surface area contributed by atoms with Crippen molar-refractivity contribution in [3.8, 4) is 11.4 Å². The summed E-state index contributed by atoms with van der Waals surface area (Å²) in [6.45, 7) is 3.84. The molecule has 1 aromatic carbocycles. The number of nitrogens with two attached hydrogens (primary N) is 1. The van der Waals surface area contributed by atoms with Crippen molar-refractivity contribution in [2.75, 3.05) is 5.73 Å². The molecule has 2 N–H and O–H groups in total. The second-order valence-corrected chi connectivity index (χ2v) is 4.07. The minimum atomic E-state index is -0.525. The SMILES string of the molecule is CC(C)n1nnnc1-c1ccc(N)c([N+](=O)[O-])c1. The minimum Gasteiger partial charge on any atom is -0.393 e. The number of aromatic nitrogens is 4. The van der Waals surface area contributed by atoms with Crippen LogP contribution in [0.15, 0.2) is 18.2 Å². The zero-order chi connectivity index (χ0) is 13.3. The number of tetrazole rings is 1. The van der Waals surface area contributed by atoms with E-state index in [9.17, 15) is 10.1 Å². The van der Waals surface area contributed by atoms with Crippen LogP contribution in [0.5, 0.6) is 0 Å². The molecule has 8 heteroatoms. The Bertz CT molecular complexity index is 592. The van der Waals surface area contributed by atoms with Gasteiger partial charge in [-0.05, 0) is 36.4 Å². The number of nitro benzene ring substituents is 1. The van der Waals surface area contributed by atoms with Crippen LogP contribution in [-0.4, -0.2) is 25.1 Å². The van der Waals surface area contributed by atoms with E-state index < -0.39 is 4.92 Å². The highest BCUT2D eigenvalue weighted by Gasteiger charge is 2.17. The summed E-state index contributed by atoms with van der Waals surface area (Å²) in [5.41, 5.74) is 6.08. The Labute approximate surface area is 103 Å². The highest BCUT2D eigenvalue weighted by atomic mass is 16.6. The largest absolute Gasteiger partial charge is 0.393 e. The first-order chi connectivity index (χ1) is 8.50. The number of hydrogen-bond donors (Lipinski definition) is 1. The first kappa shape index (κ1) is 12.0. The van der Waals surface area contributed by atoms with Gasteiger partial charge >= 0.3 is 0 Å². The van der Waals surface area contributed by atoms with E-state index >= 15 is 0 Å². The average molecular weight is 248 g/mol. The smallest absolute Gasteiger partial charge is 0.292 e. The molecule has 18 heavy (non-hydrogen) atoms. The van der Waals surface area contributed by atoms with Gasteiger partial charge in [0.25, 0.3) is 5.69 Å². The van der Waals surface area contributed by atoms with Gasteiger partial charge in [-0.1, -0.05) is 0 Å². The van der Waals surface area contributed by atoms with Gasteiger partial charge in [-0.3, -0.25) is 10.1 Å². The zero-order valence-corrected chi connectivity index (χ0v) is 9.94. The summed E-state index contributed by atoms with van der Waals surface area (Å²) in [6, 6.07) is 4.58. The molecule has 2 aromatic rings. The second-order valence-electron chi connectivity index (χ2n) is 4.07. The number of benzene rings is 1. The third-order valence-corrected chi connectivity index (χ3v) is 2.47. The van der Waals surface area contributed by atoms with E-state index in [2.05, 4.69) is 15.5 Å². The van der Waals surface area contributed by atoms with Gasteiger partial charge in [-0.2, -0.15) is 0 Å².